The Kier molecular flexibility index (Phi) is 5.98. The van der Waals surface area contributed by atoms with Gasteiger partial charge in [-0.25, -0.2) is 4.98 Å². The number of halogens is 1. The summed E-state index contributed by atoms with van der Waals surface area (Å²) in [6.45, 7) is 0.642. The number of thiocarbonyl (C=S) groups is 1. The number of rotatable bonds is 6. The molecule has 3 aromatic heterocycles. The number of hydrogen-bond donors (Lipinski definition) is 1. The average molecular weight is 476 g/mol. The second kappa shape index (κ2) is 9.21. The van der Waals surface area contributed by atoms with E-state index >= 15 is 0 Å². The third-order valence-corrected chi connectivity index (χ3v) is 6.33. The molecule has 0 aliphatic carbocycles. The summed E-state index contributed by atoms with van der Waals surface area (Å²) in [4.78, 5) is 11.4. The first-order chi connectivity index (χ1) is 16.1. The van der Waals surface area contributed by atoms with E-state index in [1.165, 1.54) is 0 Å². The highest BCUT2D eigenvalue weighted by Crippen LogP contribution is 2.40. The Morgan fingerprint density at radius 2 is 1.88 bits per heavy atom. The highest BCUT2D eigenvalue weighted by molar-refractivity contribution is 7.80. The van der Waals surface area contributed by atoms with Gasteiger partial charge in [0.25, 0.3) is 0 Å². The monoisotopic (exact) mass is 475 g/mol. The lowest BCUT2D eigenvalue weighted by Gasteiger charge is -2.29. The van der Waals surface area contributed by atoms with Crippen LogP contribution in [-0.4, -0.2) is 31.7 Å². The molecule has 0 radical (unpaired) electrons. The Morgan fingerprint density at radius 1 is 1.03 bits per heavy atom. The number of benzene rings is 1. The number of nitrogens with zero attached hydrogens (tertiary/aromatic N) is 4. The SMILES string of the molecule is COc1ccc(CN2C(=S)N[C@H](c3ccccn3)[C@H]2c2cccn2-c2ccc(Cl)cn2)cc1. The first-order valence-corrected chi connectivity index (χ1v) is 11.3. The van der Waals surface area contributed by atoms with E-state index in [0.29, 0.717) is 16.7 Å². The molecule has 1 saturated heterocycles. The van der Waals surface area contributed by atoms with Crippen molar-refractivity contribution in [3.63, 3.8) is 0 Å². The number of ether oxygens (including phenoxy) is 1. The van der Waals surface area contributed by atoms with Crippen LogP contribution in [-0.2, 0) is 6.54 Å². The summed E-state index contributed by atoms with van der Waals surface area (Å²) in [6.07, 6.45) is 5.47. The molecule has 33 heavy (non-hydrogen) atoms. The molecule has 1 N–H and O–H groups in total. The van der Waals surface area contributed by atoms with E-state index in [-0.39, 0.29) is 12.1 Å². The third-order valence-electron chi connectivity index (χ3n) is 5.75. The molecule has 4 heterocycles. The Bertz CT molecular complexity index is 1240. The van der Waals surface area contributed by atoms with Gasteiger partial charge in [0, 0.05) is 30.8 Å². The second-order valence-corrected chi connectivity index (χ2v) is 8.56. The lowest BCUT2D eigenvalue weighted by molar-refractivity contribution is 0.302. The van der Waals surface area contributed by atoms with Crippen molar-refractivity contribution in [2.24, 2.45) is 0 Å². The van der Waals surface area contributed by atoms with E-state index in [0.717, 1.165) is 28.5 Å². The van der Waals surface area contributed by atoms with Crippen LogP contribution in [0.3, 0.4) is 0 Å². The summed E-state index contributed by atoms with van der Waals surface area (Å²) in [5.74, 6) is 1.62. The van der Waals surface area contributed by atoms with Gasteiger partial charge in [0.1, 0.15) is 11.6 Å². The van der Waals surface area contributed by atoms with Gasteiger partial charge in [-0.2, -0.15) is 0 Å². The molecule has 0 bridgehead atoms. The lowest BCUT2D eigenvalue weighted by Crippen LogP contribution is -2.30. The molecule has 0 amide bonds. The predicted octanol–water partition coefficient (Wildman–Crippen LogP) is 5.10. The smallest absolute Gasteiger partial charge is 0.170 e. The number of methoxy groups -OCH3 is 1. The van der Waals surface area contributed by atoms with Gasteiger partial charge in [-0.05, 0) is 66.3 Å². The molecule has 1 aliphatic heterocycles. The fourth-order valence-electron chi connectivity index (χ4n) is 4.18. The highest BCUT2D eigenvalue weighted by atomic mass is 35.5. The summed E-state index contributed by atoms with van der Waals surface area (Å²) in [6, 6.07) is 21.7. The zero-order valence-corrected chi connectivity index (χ0v) is 19.5. The maximum Gasteiger partial charge on any atom is 0.170 e. The van der Waals surface area contributed by atoms with Gasteiger partial charge < -0.3 is 19.5 Å². The summed E-state index contributed by atoms with van der Waals surface area (Å²) in [7, 11) is 1.67. The van der Waals surface area contributed by atoms with E-state index in [4.69, 9.17) is 28.6 Å². The molecule has 8 heteroatoms. The minimum absolute atomic E-state index is 0.0954. The molecule has 4 aromatic rings. The first kappa shape index (κ1) is 21.4. The van der Waals surface area contributed by atoms with E-state index in [2.05, 4.69) is 43.0 Å². The van der Waals surface area contributed by atoms with Crippen molar-refractivity contribution in [2.75, 3.05) is 7.11 Å². The maximum atomic E-state index is 6.07. The van der Waals surface area contributed by atoms with E-state index in [1.54, 1.807) is 13.3 Å². The summed E-state index contributed by atoms with van der Waals surface area (Å²) in [5.41, 5.74) is 3.12. The van der Waals surface area contributed by atoms with Crippen LogP contribution < -0.4 is 10.1 Å². The van der Waals surface area contributed by atoms with Crippen LogP contribution in [0.5, 0.6) is 5.75 Å². The summed E-state index contributed by atoms with van der Waals surface area (Å²) < 4.78 is 7.39. The van der Waals surface area contributed by atoms with E-state index in [1.807, 2.05) is 60.9 Å². The minimum Gasteiger partial charge on any atom is -0.497 e. The molecule has 2 atom stereocenters. The summed E-state index contributed by atoms with van der Waals surface area (Å²) in [5, 5.41) is 4.79. The Hall–Kier alpha value is -3.42. The maximum absolute atomic E-state index is 6.07. The van der Waals surface area contributed by atoms with Crippen LogP contribution in [0.25, 0.3) is 5.82 Å². The van der Waals surface area contributed by atoms with Gasteiger partial charge >= 0.3 is 0 Å². The van der Waals surface area contributed by atoms with Gasteiger partial charge in [0.15, 0.2) is 5.11 Å². The van der Waals surface area contributed by atoms with Crippen molar-refractivity contribution in [3.05, 3.63) is 107 Å². The van der Waals surface area contributed by atoms with E-state index in [9.17, 15) is 0 Å². The van der Waals surface area contributed by atoms with Crippen molar-refractivity contribution in [1.29, 1.82) is 0 Å². The van der Waals surface area contributed by atoms with Gasteiger partial charge in [-0.1, -0.05) is 29.8 Å². The predicted molar refractivity (Wildman–Crippen MR) is 133 cm³/mol. The van der Waals surface area contributed by atoms with Crippen molar-refractivity contribution in [2.45, 2.75) is 18.6 Å². The lowest BCUT2D eigenvalue weighted by atomic mass is 10.0. The van der Waals surface area contributed by atoms with Gasteiger partial charge in [-0.15, -0.1) is 0 Å². The van der Waals surface area contributed by atoms with Crippen molar-refractivity contribution in [3.8, 4) is 11.6 Å². The van der Waals surface area contributed by atoms with Gasteiger partial charge in [-0.3, -0.25) is 4.98 Å². The molecule has 0 saturated carbocycles. The average Bonchev–Trinajstić information content (AvgIpc) is 3.45. The molecule has 1 aliphatic rings. The highest BCUT2D eigenvalue weighted by Gasteiger charge is 2.41. The van der Waals surface area contributed by atoms with Crippen LogP contribution in [0.1, 0.15) is 29.0 Å². The molecule has 5 rings (SSSR count). The van der Waals surface area contributed by atoms with Crippen molar-refractivity contribution >= 4 is 28.9 Å². The normalized spacial score (nSPS) is 17.8. The topological polar surface area (TPSA) is 55.2 Å². The molecule has 1 aromatic carbocycles. The van der Waals surface area contributed by atoms with Crippen molar-refractivity contribution < 1.29 is 4.74 Å². The summed E-state index contributed by atoms with van der Waals surface area (Å²) >= 11 is 11.9. The molecule has 0 spiro atoms. The Balaban J connectivity index is 1.57. The van der Waals surface area contributed by atoms with Gasteiger partial charge in [0.05, 0.1) is 29.9 Å². The minimum atomic E-state index is -0.113. The number of pyridine rings is 2. The van der Waals surface area contributed by atoms with Crippen LogP contribution >= 0.6 is 23.8 Å². The Labute approximate surface area is 202 Å². The largest absolute Gasteiger partial charge is 0.497 e. The fraction of sp³-hybridized carbons (Fsp3) is 0.160. The molecular weight excluding hydrogens is 454 g/mol. The van der Waals surface area contributed by atoms with E-state index < -0.39 is 0 Å². The molecule has 0 unspecified atom stereocenters. The standard InChI is InChI=1S/C25H22ClN5OS/c1-32-19-10-7-17(8-11-19)16-31-24(23(29-25(31)33)20-5-2-3-13-27-20)21-6-4-14-30(21)22-12-9-18(26)15-28-22/h2-15,23-24H,16H2,1H3,(H,29,33)/t23-,24-/m1/s1. The number of hydrogen-bond acceptors (Lipinski definition) is 4. The van der Waals surface area contributed by atoms with Crippen LogP contribution in [0.2, 0.25) is 5.02 Å². The third kappa shape index (κ3) is 4.29. The quantitative estimate of drug-likeness (QED) is 0.391. The first-order valence-electron chi connectivity index (χ1n) is 10.5. The molecule has 6 nitrogen and oxygen atoms in total. The molecule has 166 valence electrons. The Morgan fingerprint density at radius 3 is 2.58 bits per heavy atom. The van der Waals surface area contributed by atoms with Crippen molar-refractivity contribution in [1.82, 2.24) is 24.8 Å². The fourth-order valence-corrected chi connectivity index (χ4v) is 4.60. The number of nitrogens with one attached hydrogen (secondary N) is 1. The van der Waals surface area contributed by atoms with Crippen LogP contribution in [0.15, 0.2) is 85.3 Å². The molecule has 1 fully saturated rings. The zero-order chi connectivity index (χ0) is 22.8. The zero-order valence-electron chi connectivity index (χ0n) is 17.9. The van der Waals surface area contributed by atoms with Crippen LogP contribution in [0.4, 0.5) is 0 Å². The van der Waals surface area contributed by atoms with Crippen LogP contribution in [0, 0.1) is 0 Å². The number of aromatic nitrogens is 3. The second-order valence-electron chi connectivity index (χ2n) is 7.74. The van der Waals surface area contributed by atoms with Gasteiger partial charge in [0.2, 0.25) is 0 Å². The molecular formula is C25H22ClN5OS.